The summed E-state index contributed by atoms with van der Waals surface area (Å²) in [6.45, 7) is 7.98. The van der Waals surface area contributed by atoms with E-state index in [1.807, 2.05) is 0 Å². The quantitative estimate of drug-likeness (QED) is 0.751. The lowest BCUT2D eigenvalue weighted by atomic mass is 9.41. The fraction of sp³-hybridized carbons (Fsp3) is 0.909. The van der Waals surface area contributed by atoms with Gasteiger partial charge in [0, 0.05) is 23.7 Å². The molecule has 4 rings (SSSR count). The molecule has 0 bridgehead atoms. The number of Topliss-reactive ketones (excluding diaryl/α,β-unsaturated/α-hetero) is 2. The highest BCUT2D eigenvalue weighted by atomic mass is 16.3. The maximum Gasteiger partial charge on any atom is 0.161 e. The minimum absolute atomic E-state index is 0.0753. The van der Waals surface area contributed by atoms with Crippen LogP contribution >= 0.6 is 0 Å². The zero-order valence-corrected chi connectivity index (χ0v) is 16.7. The van der Waals surface area contributed by atoms with E-state index in [9.17, 15) is 19.8 Å². The van der Waals surface area contributed by atoms with Gasteiger partial charge < -0.3 is 10.2 Å². The second-order valence-electron chi connectivity index (χ2n) is 10.5. The Bertz CT molecular complexity index is 659. The van der Waals surface area contributed by atoms with E-state index in [1.165, 1.54) is 6.92 Å². The highest BCUT2D eigenvalue weighted by Crippen LogP contribution is 2.69. The molecule has 4 aliphatic rings. The average molecular weight is 363 g/mol. The Morgan fingerprint density at radius 3 is 2.31 bits per heavy atom. The molecule has 0 saturated heterocycles. The first-order chi connectivity index (χ1) is 12.0. The van der Waals surface area contributed by atoms with Crippen LogP contribution in [0.4, 0.5) is 0 Å². The number of hydrogen-bond acceptors (Lipinski definition) is 4. The van der Waals surface area contributed by atoms with Crippen LogP contribution in [0.5, 0.6) is 0 Å². The number of carbonyl (C=O) groups excluding carboxylic acids is 2. The normalized spacial score (nSPS) is 56.5. The summed E-state index contributed by atoms with van der Waals surface area (Å²) in [6.07, 6.45) is 5.79. The molecule has 4 nitrogen and oxygen atoms in total. The van der Waals surface area contributed by atoms with Crippen molar-refractivity contribution in [2.24, 2.45) is 34.5 Å². The molecule has 0 heterocycles. The smallest absolute Gasteiger partial charge is 0.161 e. The Kier molecular flexibility index (Phi) is 3.87. The highest BCUT2D eigenvalue weighted by molar-refractivity contribution is 5.86. The molecule has 0 aromatic rings. The summed E-state index contributed by atoms with van der Waals surface area (Å²) < 4.78 is 0. The van der Waals surface area contributed by atoms with Crippen LogP contribution in [0.1, 0.15) is 79.1 Å². The van der Waals surface area contributed by atoms with Gasteiger partial charge in [0.25, 0.3) is 0 Å². The first kappa shape index (κ1) is 18.6. The fourth-order valence-electron chi connectivity index (χ4n) is 8.05. The molecule has 2 N–H and O–H groups in total. The van der Waals surface area contributed by atoms with Crippen molar-refractivity contribution >= 4 is 11.6 Å². The Morgan fingerprint density at radius 1 is 1.04 bits per heavy atom. The Morgan fingerprint density at radius 2 is 1.65 bits per heavy atom. The topological polar surface area (TPSA) is 74.6 Å². The number of aliphatic hydroxyl groups is 2. The standard InChI is InChI=1S/C22H34O4/c1-13-11-16-17(20(4)8-5-15(24)12-22(13,20)26)6-9-19(3)18(16)7-10-21(19,25)14(2)23/h13,16-18,25-26H,5-12H2,1-4H3/t13-,16-,17+,18+,19+,20-,21+,22+/m1/s1. The van der Waals surface area contributed by atoms with Crippen LogP contribution in [-0.2, 0) is 9.59 Å². The van der Waals surface area contributed by atoms with E-state index in [-0.39, 0.29) is 28.3 Å². The number of carbonyl (C=O) groups is 2. The lowest BCUT2D eigenvalue weighted by Crippen LogP contribution is -2.66. The van der Waals surface area contributed by atoms with E-state index >= 15 is 0 Å². The van der Waals surface area contributed by atoms with Gasteiger partial charge in [0.15, 0.2) is 5.78 Å². The van der Waals surface area contributed by atoms with Gasteiger partial charge >= 0.3 is 0 Å². The van der Waals surface area contributed by atoms with E-state index in [0.717, 1.165) is 32.1 Å². The first-order valence-corrected chi connectivity index (χ1v) is 10.5. The van der Waals surface area contributed by atoms with E-state index in [4.69, 9.17) is 0 Å². The van der Waals surface area contributed by atoms with Gasteiger partial charge in [0.05, 0.1) is 5.60 Å². The molecule has 0 aliphatic heterocycles. The molecule has 146 valence electrons. The van der Waals surface area contributed by atoms with E-state index in [1.54, 1.807) is 0 Å². The minimum atomic E-state index is -1.19. The van der Waals surface area contributed by atoms with Crippen molar-refractivity contribution in [1.29, 1.82) is 0 Å². The zero-order valence-electron chi connectivity index (χ0n) is 16.7. The Hall–Kier alpha value is -0.740. The Balaban J connectivity index is 1.73. The largest absolute Gasteiger partial charge is 0.389 e. The van der Waals surface area contributed by atoms with Crippen LogP contribution in [-0.4, -0.2) is 33.0 Å². The zero-order chi connectivity index (χ0) is 19.1. The summed E-state index contributed by atoms with van der Waals surface area (Å²) in [5.74, 6) is 1.32. The molecule has 0 unspecified atom stereocenters. The lowest BCUT2D eigenvalue weighted by molar-refractivity contribution is -0.232. The summed E-state index contributed by atoms with van der Waals surface area (Å²) in [4.78, 5) is 24.4. The van der Waals surface area contributed by atoms with E-state index < -0.39 is 11.2 Å². The minimum Gasteiger partial charge on any atom is -0.389 e. The summed E-state index contributed by atoms with van der Waals surface area (Å²) in [7, 11) is 0. The number of fused-ring (bicyclic) bond motifs is 5. The SMILES string of the molecule is CC(=O)[C@@]1(O)CC[C@H]2[C@@H]3C[C@@H](C)[C@@]4(O)CC(=O)CC[C@]4(C)[C@H]3CC[C@@]21C. The summed E-state index contributed by atoms with van der Waals surface area (Å²) in [5.41, 5.74) is -2.67. The predicted octanol–water partition coefficient (Wildman–Crippen LogP) is 3.28. The predicted molar refractivity (Wildman–Crippen MR) is 98.4 cm³/mol. The average Bonchev–Trinajstić information content (AvgIpc) is 2.84. The van der Waals surface area contributed by atoms with Gasteiger partial charge in [-0.05, 0) is 69.1 Å². The summed E-state index contributed by atoms with van der Waals surface area (Å²) >= 11 is 0. The molecular formula is C22H34O4. The maximum atomic E-state index is 12.3. The molecule has 4 aliphatic carbocycles. The molecule has 8 atom stereocenters. The Labute approximate surface area is 156 Å². The van der Waals surface area contributed by atoms with Crippen molar-refractivity contribution in [2.45, 2.75) is 90.3 Å². The molecule has 26 heavy (non-hydrogen) atoms. The van der Waals surface area contributed by atoms with E-state index in [2.05, 4.69) is 20.8 Å². The van der Waals surface area contributed by atoms with Crippen LogP contribution in [0.2, 0.25) is 0 Å². The van der Waals surface area contributed by atoms with Gasteiger partial charge in [-0.1, -0.05) is 20.8 Å². The second-order valence-corrected chi connectivity index (χ2v) is 10.5. The molecular weight excluding hydrogens is 328 g/mol. The van der Waals surface area contributed by atoms with Gasteiger partial charge in [-0.2, -0.15) is 0 Å². The summed E-state index contributed by atoms with van der Waals surface area (Å²) in [5, 5.41) is 22.8. The second kappa shape index (κ2) is 5.41. The van der Waals surface area contributed by atoms with Crippen molar-refractivity contribution in [3.05, 3.63) is 0 Å². The fourth-order valence-corrected chi connectivity index (χ4v) is 8.05. The number of rotatable bonds is 1. The lowest BCUT2D eigenvalue weighted by Gasteiger charge is -2.65. The molecule has 0 amide bonds. The monoisotopic (exact) mass is 362 g/mol. The molecule has 0 aromatic heterocycles. The molecule has 4 heteroatoms. The third kappa shape index (κ3) is 1.98. The van der Waals surface area contributed by atoms with Crippen LogP contribution < -0.4 is 0 Å². The van der Waals surface area contributed by atoms with Crippen LogP contribution in [0.3, 0.4) is 0 Å². The highest BCUT2D eigenvalue weighted by Gasteiger charge is 2.69. The van der Waals surface area contributed by atoms with Gasteiger partial charge in [-0.15, -0.1) is 0 Å². The van der Waals surface area contributed by atoms with Gasteiger partial charge in [-0.25, -0.2) is 0 Å². The number of ketones is 2. The van der Waals surface area contributed by atoms with Crippen LogP contribution in [0.15, 0.2) is 0 Å². The molecule has 4 saturated carbocycles. The van der Waals surface area contributed by atoms with Gasteiger partial charge in [-0.3, -0.25) is 9.59 Å². The van der Waals surface area contributed by atoms with Crippen LogP contribution in [0, 0.1) is 34.5 Å². The van der Waals surface area contributed by atoms with Gasteiger partial charge in [0.2, 0.25) is 0 Å². The third-order valence-electron chi connectivity index (χ3n) is 9.81. The molecule has 0 spiro atoms. The first-order valence-electron chi connectivity index (χ1n) is 10.5. The molecule has 0 radical (unpaired) electrons. The maximum absolute atomic E-state index is 12.3. The van der Waals surface area contributed by atoms with Crippen molar-refractivity contribution in [1.82, 2.24) is 0 Å². The van der Waals surface area contributed by atoms with Crippen molar-refractivity contribution in [3.8, 4) is 0 Å². The van der Waals surface area contributed by atoms with Crippen molar-refractivity contribution in [3.63, 3.8) is 0 Å². The molecule has 0 aromatic carbocycles. The van der Waals surface area contributed by atoms with Crippen LogP contribution in [0.25, 0.3) is 0 Å². The van der Waals surface area contributed by atoms with Crippen molar-refractivity contribution < 1.29 is 19.8 Å². The van der Waals surface area contributed by atoms with Gasteiger partial charge in [0.1, 0.15) is 11.4 Å². The van der Waals surface area contributed by atoms with E-state index in [0.29, 0.717) is 37.0 Å². The molecule has 4 fully saturated rings. The van der Waals surface area contributed by atoms with Crippen molar-refractivity contribution in [2.75, 3.05) is 0 Å². The summed E-state index contributed by atoms with van der Waals surface area (Å²) in [6, 6.07) is 0. The number of hydrogen-bond donors (Lipinski definition) is 2. The third-order valence-corrected chi connectivity index (χ3v) is 9.81.